The average Bonchev–Trinajstić information content (AvgIpc) is 2.51. The van der Waals surface area contributed by atoms with Crippen molar-refractivity contribution in [2.24, 2.45) is 5.10 Å². The first-order chi connectivity index (χ1) is 10.1. The van der Waals surface area contributed by atoms with E-state index < -0.39 is 0 Å². The van der Waals surface area contributed by atoms with Crippen LogP contribution in [-0.4, -0.2) is 24.3 Å². The summed E-state index contributed by atoms with van der Waals surface area (Å²) >= 11 is 3.31. The van der Waals surface area contributed by atoms with Gasteiger partial charge in [-0.3, -0.25) is 4.79 Å². The molecule has 0 atom stereocenters. The Kier molecular flexibility index (Phi) is 4.94. The number of rotatable bonds is 4. The van der Waals surface area contributed by atoms with Crippen molar-refractivity contribution in [3.8, 4) is 11.5 Å². The molecule has 1 amide bonds. The zero-order valence-corrected chi connectivity index (χ0v) is 12.8. The van der Waals surface area contributed by atoms with E-state index in [1.54, 1.807) is 36.4 Å². The van der Waals surface area contributed by atoms with E-state index in [1.165, 1.54) is 13.3 Å². The maximum absolute atomic E-state index is 11.8. The van der Waals surface area contributed by atoms with Crippen molar-refractivity contribution >= 4 is 28.1 Å². The van der Waals surface area contributed by atoms with Crippen LogP contribution in [0.25, 0.3) is 0 Å². The summed E-state index contributed by atoms with van der Waals surface area (Å²) in [5, 5.41) is 13.8. The van der Waals surface area contributed by atoms with Gasteiger partial charge in [-0.1, -0.05) is 34.1 Å². The van der Waals surface area contributed by atoms with Crippen molar-refractivity contribution < 1.29 is 14.6 Å². The van der Waals surface area contributed by atoms with Crippen LogP contribution in [0.2, 0.25) is 0 Å². The van der Waals surface area contributed by atoms with Crippen molar-refractivity contribution in [2.45, 2.75) is 0 Å². The van der Waals surface area contributed by atoms with E-state index in [1.807, 2.05) is 6.07 Å². The van der Waals surface area contributed by atoms with Gasteiger partial charge in [0.1, 0.15) is 0 Å². The normalized spacial score (nSPS) is 10.6. The van der Waals surface area contributed by atoms with Crippen molar-refractivity contribution in [3.63, 3.8) is 0 Å². The maximum atomic E-state index is 11.8. The highest BCUT2D eigenvalue weighted by Gasteiger charge is 2.08. The number of methoxy groups -OCH3 is 1. The molecule has 0 bridgehead atoms. The number of benzene rings is 2. The molecule has 108 valence electrons. The monoisotopic (exact) mass is 348 g/mol. The quantitative estimate of drug-likeness (QED) is 0.659. The molecule has 0 aromatic heterocycles. The van der Waals surface area contributed by atoms with E-state index in [0.29, 0.717) is 16.9 Å². The van der Waals surface area contributed by atoms with Gasteiger partial charge < -0.3 is 9.84 Å². The van der Waals surface area contributed by atoms with Gasteiger partial charge in [-0.05, 0) is 24.3 Å². The Hall–Kier alpha value is -2.34. The third kappa shape index (κ3) is 3.82. The van der Waals surface area contributed by atoms with Crippen LogP contribution in [0.4, 0.5) is 0 Å². The van der Waals surface area contributed by atoms with Crippen LogP contribution in [0.15, 0.2) is 52.0 Å². The summed E-state index contributed by atoms with van der Waals surface area (Å²) in [4.78, 5) is 11.8. The van der Waals surface area contributed by atoms with E-state index in [9.17, 15) is 9.90 Å². The van der Waals surface area contributed by atoms with E-state index in [4.69, 9.17) is 4.74 Å². The lowest BCUT2D eigenvalue weighted by atomic mass is 10.2. The van der Waals surface area contributed by atoms with E-state index in [2.05, 4.69) is 26.5 Å². The molecule has 0 saturated heterocycles. The van der Waals surface area contributed by atoms with Crippen molar-refractivity contribution in [1.29, 1.82) is 0 Å². The molecular formula is C15H13BrN2O3. The largest absolute Gasteiger partial charge is 0.504 e. The minimum absolute atomic E-state index is 0.0431. The van der Waals surface area contributed by atoms with Crippen LogP contribution in [0.3, 0.4) is 0 Å². The van der Waals surface area contributed by atoms with Gasteiger partial charge in [-0.25, -0.2) is 5.43 Å². The van der Waals surface area contributed by atoms with E-state index in [-0.39, 0.29) is 11.7 Å². The first kappa shape index (κ1) is 15.1. The number of halogens is 1. The van der Waals surface area contributed by atoms with Crippen LogP contribution < -0.4 is 10.2 Å². The molecule has 2 aromatic rings. The van der Waals surface area contributed by atoms with Crippen LogP contribution in [0.1, 0.15) is 15.9 Å². The summed E-state index contributed by atoms with van der Waals surface area (Å²) in [5.74, 6) is -0.0491. The zero-order chi connectivity index (χ0) is 15.2. The molecule has 0 aliphatic carbocycles. The summed E-state index contributed by atoms with van der Waals surface area (Å²) in [5.41, 5.74) is 3.33. The number of phenolic OH excluding ortho intramolecular Hbond substituents is 1. The van der Waals surface area contributed by atoms with Gasteiger partial charge in [-0.15, -0.1) is 0 Å². The first-order valence-electron chi connectivity index (χ1n) is 6.06. The minimum atomic E-state index is -0.326. The fraction of sp³-hybridized carbons (Fsp3) is 0.0667. The molecule has 5 nitrogen and oxygen atoms in total. The number of amides is 1. The highest BCUT2D eigenvalue weighted by Crippen LogP contribution is 2.32. The molecule has 2 rings (SSSR count). The van der Waals surface area contributed by atoms with E-state index in [0.717, 1.165) is 4.47 Å². The molecule has 0 aliphatic heterocycles. The predicted octanol–water partition coefficient (Wildman–Crippen LogP) is 2.93. The van der Waals surface area contributed by atoms with Crippen LogP contribution >= 0.6 is 15.9 Å². The summed E-state index contributed by atoms with van der Waals surface area (Å²) in [6, 6.07) is 12.0. The second kappa shape index (κ2) is 6.90. The highest BCUT2D eigenvalue weighted by atomic mass is 79.9. The molecule has 2 aromatic carbocycles. The molecule has 0 aliphatic rings. The smallest absolute Gasteiger partial charge is 0.271 e. The zero-order valence-electron chi connectivity index (χ0n) is 11.2. The number of nitrogens with one attached hydrogen (secondary N) is 1. The average molecular weight is 349 g/mol. The van der Waals surface area contributed by atoms with Crippen LogP contribution in [0.5, 0.6) is 11.5 Å². The molecule has 0 heterocycles. The molecule has 0 saturated carbocycles. The lowest BCUT2D eigenvalue weighted by Crippen LogP contribution is -2.17. The fourth-order valence-electron chi connectivity index (χ4n) is 1.66. The molecule has 0 radical (unpaired) electrons. The number of aromatic hydroxyl groups is 1. The van der Waals surface area contributed by atoms with Gasteiger partial charge in [0, 0.05) is 15.6 Å². The summed E-state index contributed by atoms with van der Waals surface area (Å²) in [6.07, 6.45) is 1.35. The number of nitrogens with zero attached hydrogens (tertiary/aromatic N) is 1. The Morgan fingerprint density at radius 3 is 2.71 bits per heavy atom. The summed E-state index contributed by atoms with van der Waals surface area (Å²) in [6.45, 7) is 0. The second-order valence-corrected chi connectivity index (χ2v) is 5.03. The Labute approximate surface area is 130 Å². The molecular weight excluding hydrogens is 336 g/mol. The van der Waals surface area contributed by atoms with Crippen molar-refractivity contribution in [1.82, 2.24) is 5.43 Å². The van der Waals surface area contributed by atoms with Crippen LogP contribution in [0, 0.1) is 0 Å². The molecule has 0 unspecified atom stereocenters. The highest BCUT2D eigenvalue weighted by molar-refractivity contribution is 9.10. The minimum Gasteiger partial charge on any atom is -0.504 e. The Morgan fingerprint density at radius 1 is 1.33 bits per heavy atom. The van der Waals surface area contributed by atoms with Crippen LogP contribution in [-0.2, 0) is 0 Å². The molecule has 2 N–H and O–H groups in total. The van der Waals surface area contributed by atoms with Gasteiger partial charge in [0.25, 0.3) is 5.91 Å². The topological polar surface area (TPSA) is 70.9 Å². The summed E-state index contributed by atoms with van der Waals surface area (Å²) < 4.78 is 5.76. The molecule has 6 heteroatoms. The lowest BCUT2D eigenvalue weighted by molar-refractivity contribution is 0.0955. The number of carbonyl (C=O) groups excluding carboxylic acids is 1. The number of hydrogen-bond acceptors (Lipinski definition) is 4. The van der Waals surface area contributed by atoms with Gasteiger partial charge >= 0.3 is 0 Å². The van der Waals surface area contributed by atoms with Gasteiger partial charge in [0.2, 0.25) is 0 Å². The third-order valence-corrected chi connectivity index (χ3v) is 3.15. The van der Waals surface area contributed by atoms with Gasteiger partial charge in [0.15, 0.2) is 11.5 Å². The van der Waals surface area contributed by atoms with Gasteiger partial charge in [0.05, 0.1) is 13.3 Å². The van der Waals surface area contributed by atoms with Crippen molar-refractivity contribution in [3.05, 3.63) is 58.1 Å². The molecule has 0 spiro atoms. The number of phenols is 1. The predicted molar refractivity (Wildman–Crippen MR) is 83.9 cm³/mol. The Balaban J connectivity index is 2.12. The summed E-state index contributed by atoms with van der Waals surface area (Å²) in [7, 11) is 1.46. The Bertz CT molecular complexity index is 672. The third-order valence-electron chi connectivity index (χ3n) is 2.69. The number of ether oxygens (including phenoxy) is 1. The molecule has 21 heavy (non-hydrogen) atoms. The fourth-order valence-corrected chi connectivity index (χ4v) is 2.12. The Morgan fingerprint density at radius 2 is 2.05 bits per heavy atom. The number of hydrazone groups is 1. The standard InChI is InChI=1S/C15H13BrN2O3/c1-21-13-8-12(16)7-11(14(13)19)9-17-18-15(20)10-5-3-2-4-6-10/h2-9,19H,1H3,(H,18,20)/b17-9-. The molecule has 0 fully saturated rings. The van der Waals surface area contributed by atoms with Gasteiger partial charge in [-0.2, -0.15) is 5.10 Å². The second-order valence-electron chi connectivity index (χ2n) is 4.11. The maximum Gasteiger partial charge on any atom is 0.271 e. The number of carbonyl (C=O) groups is 1. The SMILES string of the molecule is COc1cc(Br)cc(/C=N\NC(=O)c2ccccc2)c1O. The van der Waals surface area contributed by atoms with Crippen molar-refractivity contribution in [2.75, 3.05) is 7.11 Å². The first-order valence-corrected chi connectivity index (χ1v) is 6.86. The number of hydrogen-bond donors (Lipinski definition) is 2. The van der Waals surface area contributed by atoms with E-state index >= 15 is 0 Å². The lowest BCUT2D eigenvalue weighted by Gasteiger charge is -2.06.